The number of rotatable bonds is 6. The number of likely N-dealkylation sites (N-methyl/N-ethyl adjacent to an activating group) is 1. The molecule has 0 spiro atoms. The largest absolute Gasteiger partial charge is 0.495 e. The number of anilines is 4. The Balaban J connectivity index is 1.50. The van der Waals surface area contributed by atoms with E-state index < -0.39 is 11.4 Å². The first-order chi connectivity index (χ1) is 16.8. The summed E-state index contributed by atoms with van der Waals surface area (Å²) in [5.74, 6) is 0.804. The van der Waals surface area contributed by atoms with Crippen molar-refractivity contribution >= 4 is 40.7 Å². The molecule has 8 nitrogen and oxygen atoms in total. The minimum absolute atomic E-state index is 0.00902. The van der Waals surface area contributed by atoms with Gasteiger partial charge in [0.2, 0.25) is 5.95 Å². The summed E-state index contributed by atoms with van der Waals surface area (Å²) in [5.41, 5.74) is 4.61. The summed E-state index contributed by atoms with van der Waals surface area (Å²) < 4.78 is 5.65. The quantitative estimate of drug-likeness (QED) is 0.508. The summed E-state index contributed by atoms with van der Waals surface area (Å²) >= 11 is 6.57. The molecule has 182 valence electrons. The van der Waals surface area contributed by atoms with Gasteiger partial charge in [-0.05, 0) is 48.4 Å². The third-order valence-electron chi connectivity index (χ3n) is 6.85. The van der Waals surface area contributed by atoms with E-state index in [1.165, 1.54) is 11.1 Å². The van der Waals surface area contributed by atoms with Crippen LogP contribution in [-0.2, 0) is 23.2 Å². The maximum absolute atomic E-state index is 11.6. The molecule has 0 amide bonds. The molecule has 5 rings (SSSR count). The van der Waals surface area contributed by atoms with Crippen LogP contribution in [-0.4, -0.2) is 53.2 Å². The normalized spacial score (nSPS) is 19.3. The van der Waals surface area contributed by atoms with Crippen molar-refractivity contribution in [1.82, 2.24) is 14.9 Å². The number of fused-ring (bicyclic) bond motifs is 2. The molecular weight excluding hydrogens is 466 g/mol. The molecule has 3 aromatic rings. The van der Waals surface area contributed by atoms with Crippen LogP contribution in [0.1, 0.15) is 30.0 Å². The van der Waals surface area contributed by atoms with Crippen molar-refractivity contribution in [2.45, 2.75) is 31.7 Å². The molecule has 2 aliphatic rings. The number of benzene rings is 2. The van der Waals surface area contributed by atoms with Gasteiger partial charge in [0.25, 0.3) is 0 Å². The van der Waals surface area contributed by atoms with Crippen LogP contribution in [0, 0.1) is 0 Å². The summed E-state index contributed by atoms with van der Waals surface area (Å²) in [6.07, 6.45) is 2.56. The third kappa shape index (κ3) is 4.39. The van der Waals surface area contributed by atoms with Gasteiger partial charge >= 0.3 is 5.97 Å². The Morgan fingerprint density at radius 1 is 1.29 bits per heavy atom. The minimum Gasteiger partial charge on any atom is -0.495 e. The second-order valence-electron chi connectivity index (χ2n) is 9.53. The number of carbonyl (C=O) groups is 1. The first-order valence-electron chi connectivity index (χ1n) is 11.5. The second kappa shape index (κ2) is 9.02. The highest BCUT2D eigenvalue weighted by molar-refractivity contribution is 6.33. The topological polar surface area (TPSA) is 90.8 Å². The highest BCUT2D eigenvalue weighted by Crippen LogP contribution is 2.47. The fourth-order valence-corrected chi connectivity index (χ4v) is 5.33. The standard InChI is InChI=1S/C26H28ClN5O3/c1-26(12-23(33)34)15-32(21-7-5-4-6-18(21)26)24-19(27)13-28-25(30-24)29-20-10-17-14-31(2)9-8-16(17)11-22(20)35-3/h4-7,10-11,13H,8-9,12,14-15H2,1-3H3,(H,33,34)(H,28,29,30)/t26-/m0/s1. The van der Waals surface area contributed by atoms with Gasteiger partial charge in [-0.3, -0.25) is 4.79 Å². The van der Waals surface area contributed by atoms with E-state index >= 15 is 0 Å². The van der Waals surface area contributed by atoms with E-state index in [1.807, 2.05) is 36.1 Å². The average molecular weight is 494 g/mol. The molecule has 0 saturated heterocycles. The third-order valence-corrected chi connectivity index (χ3v) is 7.11. The molecule has 1 atom stereocenters. The van der Waals surface area contributed by atoms with E-state index in [4.69, 9.17) is 21.3 Å². The number of carboxylic acid groups (broad SMARTS) is 1. The lowest BCUT2D eigenvalue weighted by Crippen LogP contribution is -2.31. The van der Waals surface area contributed by atoms with Crippen molar-refractivity contribution < 1.29 is 14.6 Å². The predicted molar refractivity (Wildman–Crippen MR) is 136 cm³/mol. The Morgan fingerprint density at radius 2 is 2.09 bits per heavy atom. The van der Waals surface area contributed by atoms with E-state index in [-0.39, 0.29) is 6.42 Å². The Kier molecular flexibility index (Phi) is 6.02. The summed E-state index contributed by atoms with van der Waals surface area (Å²) in [4.78, 5) is 25.1. The Hall–Kier alpha value is -3.36. The zero-order chi connectivity index (χ0) is 24.7. The van der Waals surface area contributed by atoms with Gasteiger partial charge in [-0.2, -0.15) is 4.98 Å². The highest BCUT2D eigenvalue weighted by Gasteiger charge is 2.42. The molecule has 0 aliphatic carbocycles. The van der Waals surface area contributed by atoms with Gasteiger partial charge < -0.3 is 25.0 Å². The van der Waals surface area contributed by atoms with Gasteiger partial charge in [-0.25, -0.2) is 4.98 Å². The molecular formula is C26H28ClN5O3. The number of nitrogens with one attached hydrogen (secondary N) is 1. The lowest BCUT2D eigenvalue weighted by Gasteiger charge is -2.26. The lowest BCUT2D eigenvalue weighted by atomic mass is 9.81. The molecule has 0 radical (unpaired) electrons. The molecule has 2 aliphatic heterocycles. The van der Waals surface area contributed by atoms with Gasteiger partial charge in [-0.15, -0.1) is 0 Å². The second-order valence-corrected chi connectivity index (χ2v) is 9.94. The molecule has 9 heteroatoms. The zero-order valence-electron chi connectivity index (χ0n) is 20.0. The van der Waals surface area contributed by atoms with Crippen molar-refractivity contribution in [2.24, 2.45) is 0 Å². The molecule has 0 bridgehead atoms. The number of aromatic nitrogens is 2. The van der Waals surface area contributed by atoms with Crippen LogP contribution in [0.25, 0.3) is 0 Å². The van der Waals surface area contributed by atoms with E-state index in [0.29, 0.717) is 23.3 Å². The number of halogens is 1. The Morgan fingerprint density at radius 3 is 2.86 bits per heavy atom. The maximum Gasteiger partial charge on any atom is 0.304 e. The predicted octanol–water partition coefficient (Wildman–Crippen LogP) is 4.75. The van der Waals surface area contributed by atoms with Crippen molar-refractivity contribution in [3.63, 3.8) is 0 Å². The number of methoxy groups -OCH3 is 1. The van der Waals surface area contributed by atoms with Crippen molar-refractivity contribution in [1.29, 1.82) is 0 Å². The van der Waals surface area contributed by atoms with Crippen LogP contribution in [0.3, 0.4) is 0 Å². The van der Waals surface area contributed by atoms with E-state index in [1.54, 1.807) is 13.3 Å². The van der Waals surface area contributed by atoms with Crippen molar-refractivity contribution in [2.75, 3.05) is 37.5 Å². The van der Waals surface area contributed by atoms with Gasteiger partial charge in [0.15, 0.2) is 5.82 Å². The smallest absolute Gasteiger partial charge is 0.304 e. The Bertz CT molecular complexity index is 1300. The molecule has 0 saturated carbocycles. The number of carboxylic acids is 1. The Labute approximate surface area is 209 Å². The summed E-state index contributed by atoms with van der Waals surface area (Å²) in [5, 5.41) is 13.2. The van der Waals surface area contributed by atoms with Gasteiger partial charge in [0.1, 0.15) is 10.8 Å². The van der Waals surface area contributed by atoms with Gasteiger partial charge in [0.05, 0.1) is 25.4 Å². The summed E-state index contributed by atoms with van der Waals surface area (Å²) in [7, 11) is 3.77. The van der Waals surface area contributed by atoms with Crippen molar-refractivity contribution in [3.8, 4) is 5.75 Å². The van der Waals surface area contributed by atoms with E-state index in [2.05, 4.69) is 34.4 Å². The lowest BCUT2D eigenvalue weighted by molar-refractivity contribution is -0.138. The zero-order valence-corrected chi connectivity index (χ0v) is 20.8. The van der Waals surface area contributed by atoms with Crippen LogP contribution in [0.15, 0.2) is 42.6 Å². The highest BCUT2D eigenvalue weighted by atomic mass is 35.5. The van der Waals surface area contributed by atoms with Crippen LogP contribution in [0.4, 0.5) is 23.1 Å². The number of aliphatic carboxylic acids is 1. The van der Waals surface area contributed by atoms with Gasteiger partial charge in [-0.1, -0.05) is 36.7 Å². The fraction of sp³-hybridized carbons (Fsp3) is 0.346. The number of hydrogen-bond acceptors (Lipinski definition) is 7. The molecule has 1 aromatic heterocycles. The van der Waals surface area contributed by atoms with Crippen molar-refractivity contribution in [3.05, 3.63) is 64.3 Å². The van der Waals surface area contributed by atoms with E-state index in [9.17, 15) is 9.90 Å². The maximum atomic E-state index is 11.6. The minimum atomic E-state index is -0.842. The molecule has 3 heterocycles. The molecule has 2 aromatic carbocycles. The number of para-hydroxylation sites is 1. The first-order valence-corrected chi connectivity index (χ1v) is 11.9. The summed E-state index contributed by atoms with van der Waals surface area (Å²) in [6.45, 7) is 4.30. The van der Waals surface area contributed by atoms with E-state index in [0.717, 1.165) is 42.2 Å². The molecule has 35 heavy (non-hydrogen) atoms. The van der Waals surface area contributed by atoms with Crippen LogP contribution >= 0.6 is 11.6 Å². The number of hydrogen-bond donors (Lipinski definition) is 2. The fourth-order valence-electron chi connectivity index (χ4n) is 5.14. The number of nitrogens with zero attached hydrogens (tertiary/aromatic N) is 4. The first kappa shape index (κ1) is 23.4. The van der Waals surface area contributed by atoms with Crippen LogP contribution in [0.2, 0.25) is 5.02 Å². The SMILES string of the molecule is COc1cc2c(cc1Nc1ncc(Cl)c(N3C[C@](C)(CC(=O)O)c4ccccc43)n1)CN(C)CC2. The molecule has 0 unspecified atom stereocenters. The van der Waals surface area contributed by atoms with Gasteiger partial charge in [0, 0.05) is 30.7 Å². The summed E-state index contributed by atoms with van der Waals surface area (Å²) in [6, 6.07) is 12.0. The van der Waals surface area contributed by atoms with Crippen LogP contribution in [0.5, 0.6) is 5.75 Å². The molecule has 2 N–H and O–H groups in total. The van der Waals surface area contributed by atoms with Crippen LogP contribution < -0.4 is 15.0 Å². The monoisotopic (exact) mass is 493 g/mol. The average Bonchev–Trinajstić information content (AvgIpc) is 3.11. The number of ether oxygens (including phenoxy) is 1. The molecule has 0 fully saturated rings.